The van der Waals surface area contributed by atoms with Crippen LogP contribution in [0.2, 0.25) is 0 Å². The van der Waals surface area contributed by atoms with Gasteiger partial charge < -0.3 is 5.73 Å². The topological polar surface area (TPSA) is 46.3 Å². The largest absolute Gasteiger partial charge is 0.398 e. The maximum atomic E-state index is 12.4. The highest BCUT2D eigenvalue weighted by Gasteiger charge is 2.35. The molecule has 0 bridgehead atoms. The predicted octanol–water partition coefficient (Wildman–Crippen LogP) is 3.66. The van der Waals surface area contributed by atoms with Gasteiger partial charge >= 0.3 is 0 Å². The Hall–Kier alpha value is -1.94. The lowest BCUT2D eigenvalue weighted by atomic mass is 10.1. The number of thioether (sulfide) groups is 1. The van der Waals surface area contributed by atoms with Gasteiger partial charge in [-0.1, -0.05) is 30.3 Å². The van der Waals surface area contributed by atoms with Crippen molar-refractivity contribution in [1.82, 2.24) is 0 Å². The van der Waals surface area contributed by atoms with Gasteiger partial charge in [-0.05, 0) is 37.1 Å². The van der Waals surface area contributed by atoms with Crippen molar-refractivity contribution in [3.05, 3.63) is 59.2 Å². The molecular weight excluding hydrogens is 280 g/mol. The number of nitrogen functional groups attached to an aromatic ring is 1. The number of benzene rings is 2. The normalized spacial score (nSPS) is 18.3. The lowest BCUT2D eigenvalue weighted by Crippen LogP contribution is -2.29. The first-order valence-corrected chi connectivity index (χ1v) is 7.98. The molecule has 2 aromatic carbocycles. The number of nitrogens with two attached hydrogens (primary N) is 1. The number of amides is 1. The van der Waals surface area contributed by atoms with Gasteiger partial charge in [0, 0.05) is 16.9 Å². The summed E-state index contributed by atoms with van der Waals surface area (Å²) in [5, 5.41) is -0.0424. The average Bonchev–Trinajstić information content (AvgIpc) is 2.84. The third-order valence-corrected chi connectivity index (χ3v) is 4.95. The van der Waals surface area contributed by atoms with Crippen LogP contribution in [0, 0.1) is 13.8 Å². The van der Waals surface area contributed by atoms with Crippen LogP contribution in [0.15, 0.2) is 42.5 Å². The van der Waals surface area contributed by atoms with E-state index in [4.69, 9.17) is 5.73 Å². The molecule has 4 heteroatoms. The Morgan fingerprint density at radius 3 is 2.71 bits per heavy atom. The molecule has 1 amide bonds. The van der Waals surface area contributed by atoms with E-state index < -0.39 is 0 Å². The van der Waals surface area contributed by atoms with Crippen molar-refractivity contribution >= 4 is 29.0 Å². The minimum absolute atomic E-state index is 0.0424. The Balaban J connectivity index is 2.08. The average molecular weight is 298 g/mol. The molecule has 3 rings (SSSR count). The van der Waals surface area contributed by atoms with Crippen molar-refractivity contribution in [3.8, 4) is 0 Å². The molecule has 21 heavy (non-hydrogen) atoms. The van der Waals surface area contributed by atoms with Gasteiger partial charge in [0.05, 0.1) is 5.75 Å². The molecule has 0 aromatic heterocycles. The fourth-order valence-corrected chi connectivity index (χ4v) is 3.84. The third-order valence-electron chi connectivity index (χ3n) is 3.75. The molecule has 1 unspecified atom stereocenters. The Morgan fingerprint density at radius 2 is 1.95 bits per heavy atom. The van der Waals surface area contributed by atoms with Gasteiger partial charge in [0.2, 0.25) is 5.91 Å². The summed E-state index contributed by atoms with van der Waals surface area (Å²) in [5.74, 6) is 0.633. The number of hydrogen-bond acceptors (Lipinski definition) is 3. The number of hydrogen-bond donors (Lipinski definition) is 1. The first-order valence-electron chi connectivity index (χ1n) is 6.93. The van der Waals surface area contributed by atoms with Crippen molar-refractivity contribution in [2.45, 2.75) is 19.2 Å². The van der Waals surface area contributed by atoms with Gasteiger partial charge in [-0.2, -0.15) is 0 Å². The summed E-state index contributed by atoms with van der Waals surface area (Å²) in [6, 6.07) is 14.0. The lowest BCUT2D eigenvalue weighted by molar-refractivity contribution is -0.115. The second-order valence-corrected chi connectivity index (χ2v) is 6.41. The minimum atomic E-state index is -0.0424. The van der Waals surface area contributed by atoms with Crippen LogP contribution in [0.4, 0.5) is 11.4 Å². The zero-order valence-corrected chi connectivity index (χ0v) is 13.0. The molecular formula is C17H18N2OS. The van der Waals surface area contributed by atoms with Gasteiger partial charge in [-0.25, -0.2) is 0 Å². The van der Waals surface area contributed by atoms with E-state index in [1.54, 1.807) is 11.8 Å². The van der Waals surface area contributed by atoms with E-state index in [1.165, 1.54) is 0 Å². The SMILES string of the molecule is Cc1ccc(C)c(N2C(=O)CSC2c2ccccc2N)c1. The van der Waals surface area contributed by atoms with Gasteiger partial charge in [-0.15, -0.1) is 11.8 Å². The Labute approximate surface area is 129 Å². The van der Waals surface area contributed by atoms with E-state index in [2.05, 4.69) is 18.2 Å². The molecule has 1 aliphatic heterocycles. The van der Waals surface area contributed by atoms with Crippen LogP contribution in [0.3, 0.4) is 0 Å². The van der Waals surface area contributed by atoms with Crippen LogP contribution in [0.25, 0.3) is 0 Å². The summed E-state index contributed by atoms with van der Waals surface area (Å²) in [4.78, 5) is 14.3. The third kappa shape index (κ3) is 2.51. The van der Waals surface area contributed by atoms with E-state index in [1.807, 2.05) is 43.0 Å². The maximum absolute atomic E-state index is 12.4. The van der Waals surface area contributed by atoms with Gasteiger partial charge in [-0.3, -0.25) is 9.69 Å². The van der Waals surface area contributed by atoms with Crippen LogP contribution in [0.1, 0.15) is 22.1 Å². The van der Waals surface area contributed by atoms with E-state index in [-0.39, 0.29) is 11.3 Å². The van der Waals surface area contributed by atoms with Crippen molar-refractivity contribution < 1.29 is 4.79 Å². The number of rotatable bonds is 2. The molecule has 2 N–H and O–H groups in total. The van der Waals surface area contributed by atoms with Crippen LogP contribution < -0.4 is 10.6 Å². The molecule has 1 heterocycles. The van der Waals surface area contributed by atoms with Gasteiger partial charge in [0.25, 0.3) is 0 Å². The van der Waals surface area contributed by atoms with Crippen LogP contribution in [-0.2, 0) is 4.79 Å². The Bertz CT molecular complexity index is 699. The monoisotopic (exact) mass is 298 g/mol. The summed E-state index contributed by atoms with van der Waals surface area (Å²) in [6.45, 7) is 4.08. The molecule has 3 nitrogen and oxygen atoms in total. The number of carbonyl (C=O) groups is 1. The first-order chi connectivity index (χ1) is 10.1. The maximum Gasteiger partial charge on any atom is 0.238 e. The van der Waals surface area contributed by atoms with Crippen molar-refractivity contribution in [3.63, 3.8) is 0 Å². The highest BCUT2D eigenvalue weighted by molar-refractivity contribution is 8.00. The van der Waals surface area contributed by atoms with Crippen LogP contribution in [0.5, 0.6) is 0 Å². The summed E-state index contributed by atoms with van der Waals surface area (Å²) in [5.41, 5.74) is 11.1. The van der Waals surface area contributed by atoms with Crippen molar-refractivity contribution in [2.75, 3.05) is 16.4 Å². The predicted molar refractivity (Wildman–Crippen MR) is 89.5 cm³/mol. The van der Waals surface area contributed by atoms with E-state index >= 15 is 0 Å². The van der Waals surface area contributed by atoms with E-state index in [9.17, 15) is 4.79 Å². The number of aryl methyl sites for hydroxylation is 2. The summed E-state index contributed by atoms with van der Waals surface area (Å²) in [7, 11) is 0. The molecule has 2 aromatic rings. The summed E-state index contributed by atoms with van der Waals surface area (Å²) < 4.78 is 0. The van der Waals surface area contributed by atoms with Gasteiger partial charge in [0.1, 0.15) is 5.37 Å². The van der Waals surface area contributed by atoms with E-state index in [0.717, 1.165) is 28.1 Å². The second-order valence-electron chi connectivity index (χ2n) is 5.35. The Kier molecular flexibility index (Phi) is 3.64. The molecule has 1 atom stereocenters. The standard InChI is InChI=1S/C17H18N2OS/c1-11-7-8-12(2)15(9-11)19-16(20)10-21-17(19)13-5-3-4-6-14(13)18/h3-9,17H,10,18H2,1-2H3. The second kappa shape index (κ2) is 5.45. The molecule has 1 aliphatic rings. The van der Waals surface area contributed by atoms with Crippen molar-refractivity contribution in [1.29, 1.82) is 0 Å². The first kappa shape index (κ1) is 14.0. The fourth-order valence-electron chi connectivity index (χ4n) is 2.63. The molecule has 0 saturated carbocycles. The fraction of sp³-hybridized carbons (Fsp3) is 0.235. The zero-order valence-electron chi connectivity index (χ0n) is 12.2. The number of para-hydroxylation sites is 1. The Morgan fingerprint density at radius 1 is 1.19 bits per heavy atom. The molecule has 0 spiro atoms. The number of nitrogens with zero attached hydrogens (tertiary/aromatic N) is 1. The smallest absolute Gasteiger partial charge is 0.238 e. The zero-order chi connectivity index (χ0) is 15.0. The summed E-state index contributed by atoms with van der Waals surface area (Å²) >= 11 is 1.63. The van der Waals surface area contributed by atoms with Crippen molar-refractivity contribution in [2.24, 2.45) is 0 Å². The number of carbonyl (C=O) groups excluding carboxylic acids is 1. The molecule has 1 saturated heterocycles. The molecule has 1 fully saturated rings. The molecule has 108 valence electrons. The number of anilines is 2. The van der Waals surface area contributed by atoms with E-state index in [0.29, 0.717) is 5.75 Å². The van der Waals surface area contributed by atoms with Crippen LogP contribution in [-0.4, -0.2) is 11.7 Å². The minimum Gasteiger partial charge on any atom is -0.398 e. The quantitative estimate of drug-likeness (QED) is 0.861. The summed E-state index contributed by atoms with van der Waals surface area (Å²) in [6.07, 6.45) is 0. The van der Waals surface area contributed by atoms with Gasteiger partial charge in [0.15, 0.2) is 0 Å². The lowest BCUT2D eigenvalue weighted by Gasteiger charge is -2.27. The molecule has 0 aliphatic carbocycles. The van der Waals surface area contributed by atoms with Crippen LogP contribution >= 0.6 is 11.8 Å². The molecule has 0 radical (unpaired) electrons. The highest BCUT2D eigenvalue weighted by Crippen LogP contribution is 2.44. The highest BCUT2D eigenvalue weighted by atomic mass is 32.2.